The van der Waals surface area contributed by atoms with Crippen LogP contribution < -0.4 is 31.5 Å². The molecule has 15 heteroatoms. The maximum absolute atomic E-state index is 12.2. The fraction of sp³-hybridized carbons (Fsp3) is 0.350. The summed E-state index contributed by atoms with van der Waals surface area (Å²) in [6, 6.07) is 17.9. The Bertz CT molecular complexity index is 2260. The lowest BCUT2D eigenvalue weighted by atomic mass is 10.0. The molecule has 2 aromatic carbocycles. The number of nitrogens with one attached hydrogen (secondary N) is 3. The van der Waals surface area contributed by atoms with E-state index in [1.165, 1.54) is 35.5 Å². The number of fused-ring (bicyclic) bond motifs is 2. The first-order valence-electron chi connectivity index (χ1n) is 18.8. The summed E-state index contributed by atoms with van der Waals surface area (Å²) in [4.78, 5) is 51.9. The monoisotopic (exact) mass is 761 g/mol. The zero-order valence-corrected chi connectivity index (χ0v) is 31.5. The van der Waals surface area contributed by atoms with Crippen molar-refractivity contribution < 1.29 is 14.4 Å². The number of primary amides is 1. The van der Waals surface area contributed by atoms with Gasteiger partial charge in [0.2, 0.25) is 11.8 Å². The van der Waals surface area contributed by atoms with Gasteiger partial charge in [0.05, 0.1) is 28.3 Å². The van der Waals surface area contributed by atoms with Crippen molar-refractivity contribution >= 4 is 63.5 Å². The van der Waals surface area contributed by atoms with Crippen molar-refractivity contribution in [2.45, 2.75) is 51.1 Å². The summed E-state index contributed by atoms with van der Waals surface area (Å²) in [7, 11) is 1.81. The lowest BCUT2D eigenvalue weighted by Gasteiger charge is -2.36. The molecule has 6 heterocycles. The number of imide groups is 1. The molecule has 0 bridgehead atoms. The van der Waals surface area contributed by atoms with E-state index in [1.54, 1.807) is 0 Å². The predicted molar refractivity (Wildman–Crippen MR) is 214 cm³/mol. The molecular weight excluding hydrogens is 718 g/mol. The van der Waals surface area contributed by atoms with E-state index in [1.807, 2.05) is 43.6 Å². The number of hydrogen-bond acceptors (Lipinski definition) is 11. The Kier molecular flexibility index (Phi) is 10.3. The van der Waals surface area contributed by atoms with Crippen LogP contribution in [0, 0.1) is 0 Å². The van der Waals surface area contributed by atoms with Gasteiger partial charge in [0.15, 0.2) is 11.5 Å². The number of carbonyl (C=O) groups is 3. The minimum absolute atomic E-state index is 0.225. The van der Waals surface area contributed by atoms with Crippen molar-refractivity contribution in [3.8, 4) is 11.3 Å². The number of aromatic nitrogens is 4. The minimum Gasteiger partial charge on any atom is -0.385 e. The highest BCUT2D eigenvalue weighted by atomic mass is 35.5. The van der Waals surface area contributed by atoms with E-state index in [-0.39, 0.29) is 17.5 Å². The van der Waals surface area contributed by atoms with Gasteiger partial charge in [-0.15, -0.1) is 5.10 Å². The summed E-state index contributed by atoms with van der Waals surface area (Å²) in [6.45, 7) is 5.01. The highest BCUT2D eigenvalue weighted by Crippen LogP contribution is 2.40. The van der Waals surface area contributed by atoms with Gasteiger partial charge >= 0.3 is 0 Å². The molecule has 5 N–H and O–H groups in total. The number of pyridine rings is 1. The largest absolute Gasteiger partial charge is 0.385 e. The second-order valence-corrected chi connectivity index (χ2v) is 14.7. The third-order valence-electron chi connectivity index (χ3n) is 10.4. The standard InChI is InChI=1S/C37H38ClN11O3.C3H6/c1-40-30-19-33(45-49-32(35(39)51)20-42-36(30)49)48-12-10-25-24(3-2-4-31(25)48)29-18-23(9-11-41-29)47-15-13-46(14-16-47)21-22-5-6-27(26(38)17-22)43-28-7-8-34(50)44-37(28)52;1-2-3-1/h2-6,9,11,17-20,28,40,43H,7-8,10,12-16,21H2,1H3,(H2,39,51)(H,44,50,52);1-3H2. The minimum atomic E-state index is -0.589. The van der Waals surface area contributed by atoms with Crippen LogP contribution in [0.15, 0.2) is 67.0 Å². The molecule has 3 fully saturated rings. The fourth-order valence-corrected chi connectivity index (χ4v) is 7.59. The van der Waals surface area contributed by atoms with Crippen molar-refractivity contribution in [3.63, 3.8) is 0 Å². The third-order valence-corrected chi connectivity index (χ3v) is 10.7. The lowest BCUT2D eigenvalue weighted by Crippen LogP contribution is -2.47. The second-order valence-electron chi connectivity index (χ2n) is 14.3. The Labute approximate surface area is 324 Å². The Balaban J connectivity index is 0.00000136. The maximum atomic E-state index is 12.2. The molecule has 5 aromatic rings. The van der Waals surface area contributed by atoms with E-state index < -0.39 is 11.9 Å². The summed E-state index contributed by atoms with van der Waals surface area (Å²) in [5.41, 5.74) is 14.3. The number of piperazine rings is 1. The van der Waals surface area contributed by atoms with Crippen LogP contribution in [0.5, 0.6) is 0 Å². The van der Waals surface area contributed by atoms with Crippen LogP contribution in [-0.2, 0) is 22.6 Å². The Morgan fingerprint density at radius 1 is 0.964 bits per heavy atom. The Morgan fingerprint density at radius 2 is 1.78 bits per heavy atom. The smallest absolute Gasteiger partial charge is 0.269 e. The molecule has 1 aliphatic carbocycles. The molecule has 9 rings (SSSR count). The number of carbonyl (C=O) groups excluding carboxylic acids is 3. The molecule has 1 saturated carbocycles. The van der Waals surface area contributed by atoms with Crippen molar-refractivity contribution in [3.05, 3.63) is 88.8 Å². The second kappa shape index (κ2) is 15.6. The first-order chi connectivity index (χ1) is 26.7. The molecule has 3 amide bonds. The predicted octanol–water partition coefficient (Wildman–Crippen LogP) is 4.99. The summed E-state index contributed by atoms with van der Waals surface area (Å²) in [5.74, 6) is -0.464. The molecule has 2 saturated heterocycles. The zero-order chi connectivity index (χ0) is 38.1. The van der Waals surface area contributed by atoms with E-state index in [4.69, 9.17) is 27.4 Å². The average Bonchev–Trinajstić information content (AvgIpc) is 3.91. The number of amides is 3. The van der Waals surface area contributed by atoms with E-state index in [0.29, 0.717) is 35.0 Å². The number of nitrogens with zero attached hydrogens (tertiary/aromatic N) is 7. The van der Waals surface area contributed by atoms with E-state index in [0.717, 1.165) is 79.6 Å². The molecule has 0 spiro atoms. The number of imidazole rings is 1. The van der Waals surface area contributed by atoms with Gasteiger partial charge in [-0.3, -0.25) is 29.6 Å². The van der Waals surface area contributed by atoms with Crippen molar-refractivity contribution in [1.29, 1.82) is 0 Å². The molecule has 55 heavy (non-hydrogen) atoms. The van der Waals surface area contributed by atoms with Crippen LogP contribution in [0.25, 0.3) is 16.9 Å². The number of piperidine rings is 1. The summed E-state index contributed by atoms with van der Waals surface area (Å²) < 4.78 is 1.50. The summed E-state index contributed by atoms with van der Waals surface area (Å²) in [5, 5.41) is 14.0. The van der Waals surface area contributed by atoms with Crippen molar-refractivity contribution in [2.75, 3.05) is 60.2 Å². The van der Waals surface area contributed by atoms with Crippen LogP contribution in [-0.4, -0.2) is 88.0 Å². The molecule has 4 aliphatic rings. The van der Waals surface area contributed by atoms with Crippen molar-refractivity contribution in [2.24, 2.45) is 5.73 Å². The molecule has 1 atom stereocenters. The molecule has 284 valence electrons. The Morgan fingerprint density at radius 3 is 2.51 bits per heavy atom. The number of benzene rings is 2. The van der Waals surface area contributed by atoms with Gasteiger partial charge in [-0.05, 0) is 54.3 Å². The van der Waals surface area contributed by atoms with Gasteiger partial charge in [-0.25, -0.2) is 9.50 Å². The summed E-state index contributed by atoms with van der Waals surface area (Å²) >= 11 is 6.61. The molecular formula is C40H44ClN11O3. The van der Waals surface area contributed by atoms with Crippen LogP contribution in [0.2, 0.25) is 5.02 Å². The molecule has 3 aliphatic heterocycles. The van der Waals surface area contributed by atoms with E-state index >= 15 is 0 Å². The van der Waals surface area contributed by atoms with Crippen LogP contribution in [0.3, 0.4) is 0 Å². The highest BCUT2D eigenvalue weighted by molar-refractivity contribution is 6.33. The molecule has 0 radical (unpaired) electrons. The SMILES string of the molecule is C1CC1.CNc1cc(N2CCc3c(-c4cc(N5CCN(Cc6ccc(NC7CCC(=O)NC7=O)c(Cl)c6)CC5)ccn4)cccc32)nn2c(C(N)=O)cnc12. The average molecular weight is 762 g/mol. The number of anilines is 5. The summed E-state index contributed by atoms with van der Waals surface area (Å²) in [6.07, 6.45) is 9.40. The van der Waals surface area contributed by atoms with Gasteiger partial charge in [-0.1, -0.05) is 49.1 Å². The molecule has 14 nitrogen and oxygen atoms in total. The van der Waals surface area contributed by atoms with Gasteiger partial charge in [0.1, 0.15) is 11.7 Å². The van der Waals surface area contributed by atoms with Crippen molar-refractivity contribution in [1.82, 2.24) is 29.8 Å². The van der Waals surface area contributed by atoms with E-state index in [2.05, 4.69) is 59.9 Å². The number of rotatable bonds is 9. The van der Waals surface area contributed by atoms with E-state index in [9.17, 15) is 14.4 Å². The highest BCUT2D eigenvalue weighted by Gasteiger charge is 2.29. The molecule has 1 unspecified atom stereocenters. The maximum Gasteiger partial charge on any atom is 0.269 e. The Hall–Kier alpha value is -5.73. The zero-order valence-electron chi connectivity index (χ0n) is 30.7. The van der Waals surface area contributed by atoms with Crippen LogP contribution in [0.1, 0.15) is 53.7 Å². The normalized spacial score (nSPS) is 18.0. The topological polar surface area (TPSA) is 166 Å². The first-order valence-corrected chi connectivity index (χ1v) is 19.2. The third kappa shape index (κ3) is 7.78. The number of halogens is 1. The van der Waals surface area contributed by atoms with Crippen LogP contribution >= 0.6 is 11.6 Å². The fourth-order valence-electron chi connectivity index (χ4n) is 7.33. The lowest BCUT2D eigenvalue weighted by molar-refractivity contribution is -0.133. The van der Waals surface area contributed by atoms with Crippen LogP contribution in [0.4, 0.5) is 28.6 Å². The van der Waals surface area contributed by atoms with Gasteiger partial charge in [0, 0.05) is 81.9 Å². The quantitative estimate of drug-likeness (QED) is 0.150. The number of hydrogen-bond donors (Lipinski definition) is 4. The van der Waals surface area contributed by atoms with Gasteiger partial charge in [0.25, 0.3) is 5.91 Å². The number of nitrogens with two attached hydrogens (primary N) is 1. The van der Waals surface area contributed by atoms with Gasteiger partial charge in [-0.2, -0.15) is 0 Å². The molecule has 3 aromatic heterocycles. The van der Waals surface area contributed by atoms with Gasteiger partial charge < -0.3 is 26.2 Å². The first kappa shape index (κ1) is 36.3.